The van der Waals surface area contributed by atoms with Gasteiger partial charge in [0.1, 0.15) is 5.69 Å². The average Bonchev–Trinajstić information content (AvgIpc) is 3.19. The van der Waals surface area contributed by atoms with E-state index in [1.54, 1.807) is 18.6 Å². The second-order valence-electron chi connectivity index (χ2n) is 6.38. The lowest BCUT2D eigenvalue weighted by molar-refractivity contribution is -0.113. The molecule has 2 aromatic heterocycles. The second kappa shape index (κ2) is 9.19. The first-order chi connectivity index (χ1) is 14.6. The smallest absolute Gasteiger partial charge is 0.234 e. The molecule has 0 unspecified atom stereocenters. The van der Waals surface area contributed by atoms with Crippen molar-refractivity contribution in [2.45, 2.75) is 12.1 Å². The van der Waals surface area contributed by atoms with Crippen LogP contribution in [0.3, 0.4) is 0 Å². The molecule has 30 heavy (non-hydrogen) atoms. The van der Waals surface area contributed by atoms with Gasteiger partial charge in [0, 0.05) is 22.6 Å². The van der Waals surface area contributed by atoms with Crippen molar-refractivity contribution in [3.8, 4) is 17.2 Å². The van der Waals surface area contributed by atoms with Gasteiger partial charge in [0.05, 0.1) is 17.6 Å². The zero-order valence-corrected chi connectivity index (χ0v) is 18.4. The van der Waals surface area contributed by atoms with E-state index in [2.05, 4.69) is 41.4 Å². The van der Waals surface area contributed by atoms with Crippen molar-refractivity contribution < 1.29 is 4.79 Å². The van der Waals surface area contributed by atoms with Crippen molar-refractivity contribution in [3.05, 3.63) is 77.2 Å². The first-order valence-electron chi connectivity index (χ1n) is 9.08. The molecule has 2 aromatic carbocycles. The minimum atomic E-state index is -0.133. The van der Waals surface area contributed by atoms with E-state index < -0.39 is 0 Å². The number of aryl methyl sites for hydroxylation is 1. The van der Waals surface area contributed by atoms with E-state index in [0.29, 0.717) is 16.7 Å². The Bertz CT molecular complexity index is 1160. The molecule has 0 fully saturated rings. The molecule has 0 aliphatic rings. The van der Waals surface area contributed by atoms with Gasteiger partial charge in [-0.05, 0) is 47.1 Å². The molecule has 1 amide bonds. The van der Waals surface area contributed by atoms with Gasteiger partial charge >= 0.3 is 0 Å². The SMILES string of the molecule is Cc1ccc(-n2c(SCC(=O)Nc3ccccc3Br)nnc2-c2cnccn2)cc1. The highest BCUT2D eigenvalue weighted by atomic mass is 79.9. The first kappa shape index (κ1) is 20.2. The van der Waals surface area contributed by atoms with Gasteiger partial charge in [-0.3, -0.25) is 14.3 Å². The molecule has 0 spiro atoms. The van der Waals surface area contributed by atoms with E-state index in [-0.39, 0.29) is 11.7 Å². The van der Waals surface area contributed by atoms with E-state index in [1.165, 1.54) is 11.8 Å². The number of para-hydroxylation sites is 1. The molecule has 0 radical (unpaired) electrons. The highest BCUT2D eigenvalue weighted by Crippen LogP contribution is 2.27. The molecule has 0 atom stereocenters. The van der Waals surface area contributed by atoms with Gasteiger partial charge in [-0.2, -0.15) is 0 Å². The lowest BCUT2D eigenvalue weighted by atomic mass is 10.2. The molecule has 7 nitrogen and oxygen atoms in total. The summed E-state index contributed by atoms with van der Waals surface area (Å²) in [4.78, 5) is 21.0. The van der Waals surface area contributed by atoms with Crippen LogP contribution in [0, 0.1) is 6.92 Å². The van der Waals surface area contributed by atoms with Crippen LogP contribution in [0.5, 0.6) is 0 Å². The number of hydrogen-bond donors (Lipinski definition) is 1. The van der Waals surface area contributed by atoms with E-state index in [9.17, 15) is 4.79 Å². The highest BCUT2D eigenvalue weighted by Gasteiger charge is 2.18. The summed E-state index contributed by atoms with van der Waals surface area (Å²) in [6.45, 7) is 2.03. The second-order valence-corrected chi connectivity index (χ2v) is 8.18. The van der Waals surface area contributed by atoms with Crippen LogP contribution in [0.25, 0.3) is 17.2 Å². The molecule has 0 bridgehead atoms. The Kier molecular flexibility index (Phi) is 6.20. The van der Waals surface area contributed by atoms with Crippen LogP contribution in [-0.4, -0.2) is 36.4 Å². The third kappa shape index (κ3) is 4.58. The Balaban J connectivity index is 1.60. The molecule has 4 rings (SSSR count). The van der Waals surface area contributed by atoms with Gasteiger partial charge in [-0.25, -0.2) is 4.98 Å². The fourth-order valence-corrected chi connectivity index (χ4v) is 3.89. The zero-order valence-electron chi connectivity index (χ0n) is 16.0. The van der Waals surface area contributed by atoms with Crippen molar-refractivity contribution in [2.24, 2.45) is 0 Å². The van der Waals surface area contributed by atoms with Crippen LogP contribution >= 0.6 is 27.7 Å². The van der Waals surface area contributed by atoms with Crippen molar-refractivity contribution in [1.82, 2.24) is 24.7 Å². The maximum Gasteiger partial charge on any atom is 0.234 e. The van der Waals surface area contributed by atoms with Gasteiger partial charge in [-0.15, -0.1) is 10.2 Å². The maximum atomic E-state index is 12.5. The number of benzene rings is 2. The molecule has 9 heteroatoms. The summed E-state index contributed by atoms with van der Waals surface area (Å²) in [6.07, 6.45) is 4.86. The summed E-state index contributed by atoms with van der Waals surface area (Å²) in [5.74, 6) is 0.623. The Hall–Kier alpha value is -3.04. The predicted octanol–water partition coefficient (Wildman–Crippen LogP) is 4.53. The Morgan fingerprint density at radius 3 is 2.63 bits per heavy atom. The third-order valence-electron chi connectivity index (χ3n) is 4.20. The molecule has 0 saturated heterocycles. The summed E-state index contributed by atoms with van der Waals surface area (Å²) < 4.78 is 2.72. The molecule has 1 N–H and O–H groups in total. The van der Waals surface area contributed by atoms with E-state index >= 15 is 0 Å². The number of anilines is 1. The Morgan fingerprint density at radius 1 is 1.10 bits per heavy atom. The molecule has 0 aliphatic heterocycles. The number of nitrogens with one attached hydrogen (secondary N) is 1. The van der Waals surface area contributed by atoms with Crippen molar-refractivity contribution in [2.75, 3.05) is 11.1 Å². The number of nitrogens with zero attached hydrogens (tertiary/aromatic N) is 5. The molecule has 150 valence electrons. The minimum absolute atomic E-state index is 0.133. The lowest BCUT2D eigenvalue weighted by Gasteiger charge is -2.10. The topological polar surface area (TPSA) is 85.6 Å². The Morgan fingerprint density at radius 2 is 1.90 bits per heavy atom. The predicted molar refractivity (Wildman–Crippen MR) is 121 cm³/mol. The summed E-state index contributed by atoms with van der Waals surface area (Å²) >= 11 is 4.75. The Labute approximate surface area is 186 Å². The summed E-state index contributed by atoms with van der Waals surface area (Å²) in [5.41, 5.74) is 3.37. The molecule has 2 heterocycles. The number of halogens is 1. The van der Waals surface area contributed by atoms with Gasteiger partial charge < -0.3 is 5.32 Å². The van der Waals surface area contributed by atoms with Crippen molar-refractivity contribution in [3.63, 3.8) is 0 Å². The standard InChI is InChI=1S/C21H17BrN6OS/c1-14-6-8-15(9-7-14)28-20(18-12-23-10-11-24-18)26-27-21(28)30-13-19(29)25-17-5-3-2-4-16(17)22/h2-12H,13H2,1H3,(H,25,29). The van der Waals surface area contributed by atoms with Crippen LogP contribution in [0.2, 0.25) is 0 Å². The molecule has 0 aliphatic carbocycles. The van der Waals surface area contributed by atoms with Gasteiger partial charge in [0.15, 0.2) is 11.0 Å². The van der Waals surface area contributed by atoms with Crippen LogP contribution in [-0.2, 0) is 4.79 Å². The van der Waals surface area contributed by atoms with Gasteiger partial charge in [0.25, 0.3) is 0 Å². The highest BCUT2D eigenvalue weighted by molar-refractivity contribution is 9.10. The summed E-state index contributed by atoms with van der Waals surface area (Å²) in [6, 6.07) is 15.5. The number of rotatable bonds is 6. The molecular formula is C21H17BrN6OS. The van der Waals surface area contributed by atoms with E-state index in [4.69, 9.17) is 0 Å². The van der Waals surface area contributed by atoms with Crippen LogP contribution < -0.4 is 5.32 Å². The first-order valence-corrected chi connectivity index (χ1v) is 10.9. The quantitative estimate of drug-likeness (QED) is 0.408. The summed E-state index contributed by atoms with van der Waals surface area (Å²) in [5, 5.41) is 12.1. The van der Waals surface area contributed by atoms with E-state index in [1.807, 2.05) is 60.0 Å². The maximum absolute atomic E-state index is 12.5. The van der Waals surface area contributed by atoms with Crippen LogP contribution in [0.15, 0.2) is 76.8 Å². The van der Waals surface area contributed by atoms with Crippen molar-refractivity contribution in [1.29, 1.82) is 0 Å². The average molecular weight is 481 g/mol. The molecule has 0 saturated carbocycles. The normalized spacial score (nSPS) is 10.7. The number of hydrogen-bond acceptors (Lipinski definition) is 6. The molecular weight excluding hydrogens is 464 g/mol. The van der Waals surface area contributed by atoms with Gasteiger partial charge in [0.2, 0.25) is 5.91 Å². The molecule has 4 aromatic rings. The summed E-state index contributed by atoms with van der Waals surface area (Å²) in [7, 11) is 0. The van der Waals surface area contributed by atoms with Crippen LogP contribution in [0.4, 0.5) is 5.69 Å². The number of thioether (sulfide) groups is 1. The lowest BCUT2D eigenvalue weighted by Crippen LogP contribution is -2.15. The number of carbonyl (C=O) groups is 1. The fraction of sp³-hybridized carbons (Fsp3) is 0.0952. The zero-order chi connectivity index (χ0) is 20.9. The van der Waals surface area contributed by atoms with E-state index in [0.717, 1.165) is 21.4 Å². The minimum Gasteiger partial charge on any atom is -0.324 e. The van der Waals surface area contributed by atoms with Gasteiger partial charge in [-0.1, -0.05) is 41.6 Å². The largest absolute Gasteiger partial charge is 0.324 e. The number of carbonyl (C=O) groups excluding carboxylic acids is 1. The number of aromatic nitrogens is 5. The number of amides is 1. The monoisotopic (exact) mass is 480 g/mol. The fourth-order valence-electron chi connectivity index (χ4n) is 2.75. The van der Waals surface area contributed by atoms with Crippen molar-refractivity contribution >= 4 is 39.3 Å². The third-order valence-corrected chi connectivity index (χ3v) is 5.82. The van der Waals surface area contributed by atoms with Crippen LogP contribution in [0.1, 0.15) is 5.56 Å².